The number of aliphatic hydroxyl groups excluding tert-OH is 2. The van der Waals surface area contributed by atoms with Crippen LogP contribution in [-0.2, 0) is 31.6 Å². The first-order valence-electron chi connectivity index (χ1n) is 12.3. The number of nitrogens with one attached hydrogen (secondary N) is 1. The number of alkyl halides is 6. The third-order valence-electron chi connectivity index (χ3n) is 5.53. The zero-order chi connectivity index (χ0) is 37.4. The molecule has 0 aliphatic heterocycles. The fraction of sp³-hybridized carbons (Fsp3) is 0.414. The SMILES string of the molecule is C.C.C[C@@H](O)[C@@H](N)C(=O)O.O=CO[O-].[C-]#[N+]c1ccc(F)c(C)c1C(F)(F)F.[C-]#[N+]c1ccc(N[C@@H](C(=O)O)[C@@H](C)O)c(C)c1C(F)(F)F.[H-].[K+].[K+]. The van der Waals surface area contributed by atoms with E-state index in [1.165, 1.54) is 19.9 Å². The Bertz CT molecular complexity index is 1470. The van der Waals surface area contributed by atoms with Crippen LogP contribution in [0.2, 0.25) is 0 Å². The third kappa shape index (κ3) is 21.5. The number of aliphatic hydroxyl groups is 2. The van der Waals surface area contributed by atoms with Crippen LogP contribution in [0.15, 0.2) is 24.3 Å². The van der Waals surface area contributed by atoms with Gasteiger partial charge in [-0.1, -0.05) is 27.0 Å². The predicted octanol–water partition coefficient (Wildman–Crippen LogP) is -0.879. The molecule has 0 aromatic heterocycles. The molecule has 0 saturated heterocycles. The van der Waals surface area contributed by atoms with Crippen molar-refractivity contribution < 1.29 is 180 Å². The Morgan fingerprint density at radius 1 is 0.882 bits per heavy atom. The van der Waals surface area contributed by atoms with Gasteiger partial charge in [0.25, 0.3) is 6.47 Å². The van der Waals surface area contributed by atoms with Crippen LogP contribution < -0.4 is 119 Å². The van der Waals surface area contributed by atoms with E-state index < -0.39 is 82.5 Å². The fourth-order valence-corrected chi connectivity index (χ4v) is 3.19. The van der Waals surface area contributed by atoms with Crippen molar-refractivity contribution in [3.05, 3.63) is 75.2 Å². The summed E-state index contributed by atoms with van der Waals surface area (Å²) in [5.41, 5.74) is 0.556. The number of aliphatic carboxylic acids is 2. The van der Waals surface area contributed by atoms with E-state index in [-0.39, 0.29) is 137 Å². The zero-order valence-electron chi connectivity index (χ0n) is 27.6. The van der Waals surface area contributed by atoms with Crippen LogP contribution in [-0.4, -0.2) is 63.1 Å². The second kappa shape index (κ2) is 28.7. The Hall–Kier alpha value is -1.75. The Morgan fingerprint density at radius 2 is 1.25 bits per heavy atom. The molecule has 4 atom stereocenters. The van der Waals surface area contributed by atoms with Gasteiger partial charge in [0.2, 0.25) is 0 Å². The van der Waals surface area contributed by atoms with Crippen molar-refractivity contribution in [3.8, 4) is 0 Å². The van der Waals surface area contributed by atoms with Crippen LogP contribution in [0.3, 0.4) is 0 Å². The first-order valence-corrected chi connectivity index (χ1v) is 12.3. The molecule has 278 valence electrons. The molecule has 0 fully saturated rings. The molecule has 0 aliphatic rings. The Balaban J connectivity index is -0.000000114. The number of nitrogens with two attached hydrogens (primary N) is 1. The van der Waals surface area contributed by atoms with Gasteiger partial charge in [0, 0.05) is 5.69 Å². The second-order valence-corrected chi connectivity index (χ2v) is 8.92. The van der Waals surface area contributed by atoms with Crippen LogP contribution in [0, 0.1) is 32.8 Å². The number of hydrogen-bond acceptors (Lipinski definition) is 9. The van der Waals surface area contributed by atoms with Crippen LogP contribution in [0.25, 0.3) is 9.69 Å². The first-order chi connectivity index (χ1) is 21.4. The quantitative estimate of drug-likeness (QED) is 0.0506. The van der Waals surface area contributed by atoms with Gasteiger partial charge in [-0.05, 0) is 51.0 Å². The molecule has 0 saturated carbocycles. The molecule has 7 N–H and O–H groups in total. The number of rotatable bonds is 7. The summed E-state index contributed by atoms with van der Waals surface area (Å²) in [6, 6.07) is 1.23. The van der Waals surface area contributed by atoms with Gasteiger partial charge in [-0.2, -0.15) is 26.3 Å². The summed E-state index contributed by atoms with van der Waals surface area (Å²) >= 11 is 0. The number of hydrogen-bond donors (Lipinski definition) is 6. The molecule has 13 nitrogen and oxygen atoms in total. The molecular weight excluding hydrogens is 760 g/mol. The van der Waals surface area contributed by atoms with Crippen molar-refractivity contribution in [2.75, 3.05) is 5.32 Å². The van der Waals surface area contributed by atoms with E-state index in [2.05, 4.69) is 19.9 Å². The van der Waals surface area contributed by atoms with E-state index in [1.807, 2.05) is 0 Å². The standard InChI is InChI=1S/C13H13F3N2O3.C9H5F4N.C4H9NO3.CH2O3.2CH4.2K.H/c1-6-8(18-11(7(2)19)12(20)21)4-5-9(17-3)10(6)13(14,15)16;1-5-6(10)3-4-7(14-2)8(5)9(11,12)13;1-2(6)3(5)4(7)8;2-1-4-3;;;;;/h4-5,7,11,18-19H,1-2H3,(H,20,21);3-4H,1H3;2-3,6H,5H2,1H3,(H,7,8);1,3H;2*1H4;;;/q;;;;;;2*+1;-1/p-1/t7-,11-;;2-,3-;;;;;;/m1.1....../s1. The van der Waals surface area contributed by atoms with Crippen LogP contribution >= 0.6 is 0 Å². The number of benzene rings is 2. The van der Waals surface area contributed by atoms with Crippen molar-refractivity contribution in [2.24, 2.45) is 5.73 Å². The summed E-state index contributed by atoms with van der Waals surface area (Å²) in [4.78, 5) is 37.6. The van der Waals surface area contributed by atoms with Gasteiger partial charge < -0.3 is 43.0 Å². The minimum absolute atomic E-state index is 0. The average molecular weight is 797 g/mol. The van der Waals surface area contributed by atoms with Crippen LogP contribution in [0.1, 0.15) is 52.4 Å². The number of carbonyl (C=O) groups is 3. The van der Waals surface area contributed by atoms with E-state index >= 15 is 0 Å². The van der Waals surface area contributed by atoms with Crippen molar-refractivity contribution in [1.29, 1.82) is 0 Å². The van der Waals surface area contributed by atoms with Gasteiger partial charge in [0.15, 0.2) is 17.4 Å². The number of nitrogens with zero attached hydrogens (tertiary/aromatic N) is 2. The van der Waals surface area contributed by atoms with Crippen molar-refractivity contribution >= 4 is 35.5 Å². The summed E-state index contributed by atoms with van der Waals surface area (Å²) in [6.45, 7) is 17.8. The summed E-state index contributed by atoms with van der Waals surface area (Å²) < 4.78 is 88.9. The zero-order valence-corrected chi connectivity index (χ0v) is 32.9. The van der Waals surface area contributed by atoms with E-state index in [0.29, 0.717) is 0 Å². The van der Waals surface area contributed by atoms with Crippen LogP contribution in [0.5, 0.6) is 0 Å². The van der Waals surface area contributed by atoms with Gasteiger partial charge in [-0.25, -0.2) is 18.9 Å². The molecule has 2 aromatic carbocycles. The maximum atomic E-state index is 13.0. The second-order valence-electron chi connectivity index (χ2n) is 8.92. The van der Waals surface area contributed by atoms with Gasteiger partial charge >= 0.3 is 127 Å². The van der Waals surface area contributed by atoms with E-state index in [0.717, 1.165) is 32.0 Å². The Kier molecular flexibility index (Phi) is 34.5. The molecule has 0 unspecified atom stereocenters. The van der Waals surface area contributed by atoms with Gasteiger partial charge in [-0.15, -0.1) is 0 Å². The third-order valence-corrected chi connectivity index (χ3v) is 5.53. The summed E-state index contributed by atoms with van der Waals surface area (Å²) in [6.07, 6.45) is -11.7. The summed E-state index contributed by atoms with van der Waals surface area (Å²) in [5.74, 6) is -3.53. The molecule has 0 aliphatic carbocycles. The number of carboxylic acids is 2. The van der Waals surface area contributed by atoms with Gasteiger partial charge in [0.05, 0.1) is 36.5 Å². The van der Waals surface area contributed by atoms with Crippen molar-refractivity contribution in [1.82, 2.24) is 0 Å². The van der Waals surface area contributed by atoms with Crippen molar-refractivity contribution in [2.45, 2.75) is 79.2 Å². The number of carbonyl (C=O) groups excluding carboxylic acids is 1. The smallest absolute Gasteiger partial charge is 1.00 e. The van der Waals surface area contributed by atoms with E-state index in [1.54, 1.807) is 0 Å². The molecule has 22 heteroatoms. The fourth-order valence-electron chi connectivity index (χ4n) is 3.19. The molecule has 0 spiro atoms. The maximum Gasteiger partial charge on any atom is 1.00 e. The monoisotopic (exact) mass is 796 g/mol. The normalized spacial score (nSPS) is 12.0. The molecule has 0 radical (unpaired) electrons. The predicted molar refractivity (Wildman–Crippen MR) is 161 cm³/mol. The number of halogens is 7. The number of anilines is 1. The van der Waals surface area contributed by atoms with Gasteiger partial charge in [-0.3, -0.25) is 9.59 Å². The topological polar surface area (TPSA) is 211 Å². The molecule has 0 heterocycles. The molecular formula is C29H37F7K2N4O9. The molecule has 0 bridgehead atoms. The molecule has 0 amide bonds. The van der Waals surface area contributed by atoms with E-state index in [9.17, 15) is 45.4 Å². The van der Waals surface area contributed by atoms with Crippen molar-refractivity contribution in [3.63, 3.8) is 0 Å². The minimum Gasteiger partial charge on any atom is -1.00 e. The molecule has 2 aromatic rings. The summed E-state index contributed by atoms with van der Waals surface area (Å²) in [7, 11) is 0. The Morgan fingerprint density at radius 3 is 1.51 bits per heavy atom. The molecule has 2 rings (SSSR count). The summed E-state index contributed by atoms with van der Waals surface area (Å²) in [5, 5.41) is 45.6. The first kappa shape index (κ1) is 61.3. The molecule has 51 heavy (non-hydrogen) atoms. The average Bonchev–Trinajstić information content (AvgIpc) is 2.96. The number of carboxylic acid groups (broad SMARTS) is 2. The largest absolute Gasteiger partial charge is 1.00 e. The van der Waals surface area contributed by atoms with E-state index in [4.69, 9.17) is 44.2 Å². The maximum absolute atomic E-state index is 13.0. The minimum atomic E-state index is -4.73. The van der Waals surface area contributed by atoms with Gasteiger partial charge in [0.1, 0.15) is 11.9 Å². The van der Waals surface area contributed by atoms with Crippen LogP contribution in [0.4, 0.5) is 47.8 Å². The Labute approximate surface area is 376 Å².